The first-order chi connectivity index (χ1) is 11.1. The number of hydrogen-bond acceptors (Lipinski definition) is 4. The molecule has 1 heterocycles. The molecule has 8 heteroatoms. The van der Waals surface area contributed by atoms with Crippen LogP contribution in [-0.4, -0.2) is 26.1 Å². The van der Waals surface area contributed by atoms with Crippen LogP contribution in [0.2, 0.25) is 24.7 Å². The number of methoxy groups -OCH3 is 1. The van der Waals surface area contributed by atoms with Crippen molar-refractivity contribution >= 4 is 36.5 Å². The number of carbonyl (C=O) groups excluding carboxylic acids is 1. The molecule has 4 nitrogen and oxygen atoms in total. The zero-order chi connectivity index (χ0) is 18.2. The molecule has 0 radical (unpaired) electrons. The van der Waals surface area contributed by atoms with E-state index in [2.05, 4.69) is 29.4 Å². The van der Waals surface area contributed by atoms with E-state index in [0.717, 1.165) is 12.3 Å². The van der Waals surface area contributed by atoms with Crippen LogP contribution in [0.4, 0.5) is 14.5 Å². The van der Waals surface area contributed by atoms with Crippen LogP contribution in [0.1, 0.15) is 10.5 Å². The normalized spacial score (nSPS) is 11.5. The zero-order valence-corrected chi connectivity index (χ0v) is 15.5. The second-order valence-corrected chi connectivity index (χ2v) is 11.7. The van der Waals surface area contributed by atoms with Gasteiger partial charge in [-0.1, -0.05) is 42.5 Å². The Bertz CT molecular complexity index is 823. The van der Waals surface area contributed by atoms with Crippen molar-refractivity contribution in [2.45, 2.75) is 19.6 Å². The standard InChI is InChI=1S/C16H17ClF2N2O2Si/c1-23-16(22)15-11(17)13(20)12(19)14(21-15)9-6-5-8(7-10(9)18)24(2,3)4/h5-7H,1-4H3,(H2,20,21). The topological polar surface area (TPSA) is 65.2 Å². The summed E-state index contributed by atoms with van der Waals surface area (Å²) in [5.41, 5.74) is 4.28. The minimum absolute atomic E-state index is 0.0944. The van der Waals surface area contributed by atoms with Gasteiger partial charge in [0.25, 0.3) is 0 Å². The molecule has 0 fully saturated rings. The number of benzene rings is 1. The third-order valence-corrected chi connectivity index (χ3v) is 6.01. The maximum atomic E-state index is 14.5. The summed E-state index contributed by atoms with van der Waals surface area (Å²) < 4.78 is 33.5. The van der Waals surface area contributed by atoms with Crippen LogP contribution < -0.4 is 10.9 Å². The average molecular weight is 371 g/mol. The highest BCUT2D eigenvalue weighted by Crippen LogP contribution is 2.33. The van der Waals surface area contributed by atoms with E-state index >= 15 is 0 Å². The third kappa shape index (κ3) is 3.27. The van der Waals surface area contributed by atoms with Gasteiger partial charge in [0.1, 0.15) is 11.5 Å². The van der Waals surface area contributed by atoms with Crippen molar-refractivity contribution in [3.8, 4) is 11.3 Å². The van der Waals surface area contributed by atoms with Crippen LogP contribution >= 0.6 is 11.6 Å². The molecule has 0 saturated heterocycles. The van der Waals surface area contributed by atoms with Crippen molar-refractivity contribution in [3.05, 3.63) is 40.6 Å². The summed E-state index contributed by atoms with van der Waals surface area (Å²) in [5, 5.41) is 0.515. The number of carbonyl (C=O) groups is 1. The van der Waals surface area contributed by atoms with Gasteiger partial charge in [-0.2, -0.15) is 0 Å². The quantitative estimate of drug-likeness (QED) is 0.662. The van der Waals surface area contributed by atoms with Crippen molar-refractivity contribution in [1.29, 1.82) is 0 Å². The van der Waals surface area contributed by atoms with Gasteiger partial charge in [0.2, 0.25) is 0 Å². The molecule has 2 rings (SSSR count). The summed E-state index contributed by atoms with van der Waals surface area (Å²) in [6.07, 6.45) is 0. The average Bonchev–Trinajstić information content (AvgIpc) is 2.52. The van der Waals surface area contributed by atoms with Gasteiger partial charge in [-0.3, -0.25) is 0 Å². The molecule has 0 aliphatic heterocycles. The Balaban J connectivity index is 2.69. The van der Waals surface area contributed by atoms with E-state index < -0.39 is 31.4 Å². The highest BCUT2D eigenvalue weighted by atomic mass is 35.5. The van der Waals surface area contributed by atoms with Crippen molar-refractivity contribution < 1.29 is 18.3 Å². The number of nitrogen functional groups attached to an aromatic ring is 1. The Morgan fingerprint density at radius 2 is 1.92 bits per heavy atom. The van der Waals surface area contributed by atoms with Gasteiger partial charge in [0.05, 0.1) is 25.9 Å². The molecule has 2 N–H and O–H groups in total. The molecule has 0 atom stereocenters. The van der Waals surface area contributed by atoms with Gasteiger partial charge in [0, 0.05) is 5.56 Å². The minimum atomic E-state index is -1.73. The molecule has 2 aromatic rings. The third-order valence-electron chi connectivity index (χ3n) is 3.58. The first-order valence-electron chi connectivity index (χ1n) is 7.11. The molecule has 1 aromatic carbocycles. The Labute approximate surface area is 144 Å². The molecule has 0 amide bonds. The molecular weight excluding hydrogens is 354 g/mol. The number of pyridine rings is 1. The smallest absolute Gasteiger partial charge is 0.358 e. The highest BCUT2D eigenvalue weighted by Gasteiger charge is 2.25. The van der Waals surface area contributed by atoms with E-state index in [0.29, 0.717) is 0 Å². The van der Waals surface area contributed by atoms with E-state index in [1.54, 1.807) is 6.07 Å². The lowest BCUT2D eigenvalue weighted by atomic mass is 10.1. The maximum Gasteiger partial charge on any atom is 0.358 e. The minimum Gasteiger partial charge on any atom is -0.464 e. The van der Waals surface area contributed by atoms with Crippen LogP contribution in [0.5, 0.6) is 0 Å². The van der Waals surface area contributed by atoms with E-state index in [1.165, 1.54) is 12.1 Å². The summed E-state index contributed by atoms with van der Waals surface area (Å²) >= 11 is 5.84. The van der Waals surface area contributed by atoms with Crippen molar-refractivity contribution in [2.75, 3.05) is 12.8 Å². The van der Waals surface area contributed by atoms with E-state index in [4.69, 9.17) is 17.3 Å². The van der Waals surface area contributed by atoms with E-state index in [-0.39, 0.29) is 22.0 Å². The Morgan fingerprint density at radius 1 is 1.29 bits per heavy atom. The van der Waals surface area contributed by atoms with Crippen LogP contribution in [0.15, 0.2) is 18.2 Å². The SMILES string of the molecule is COC(=O)c1nc(-c2ccc([Si](C)(C)C)cc2F)c(F)c(N)c1Cl. The molecule has 0 saturated carbocycles. The Kier molecular flexibility index (Phi) is 4.96. The fraction of sp³-hybridized carbons (Fsp3) is 0.250. The fourth-order valence-electron chi connectivity index (χ4n) is 2.15. The lowest BCUT2D eigenvalue weighted by Crippen LogP contribution is -2.37. The molecule has 0 spiro atoms. The Morgan fingerprint density at radius 3 is 2.42 bits per heavy atom. The molecule has 0 aliphatic carbocycles. The summed E-state index contributed by atoms with van der Waals surface area (Å²) in [5.74, 6) is -2.50. The van der Waals surface area contributed by atoms with Crippen LogP contribution in [0.3, 0.4) is 0 Å². The van der Waals surface area contributed by atoms with Crippen LogP contribution in [0, 0.1) is 11.6 Å². The summed E-state index contributed by atoms with van der Waals surface area (Å²) in [7, 11) is -0.603. The largest absolute Gasteiger partial charge is 0.464 e. The molecular formula is C16H17ClF2N2O2Si. The van der Waals surface area contributed by atoms with Gasteiger partial charge in [-0.15, -0.1) is 0 Å². The van der Waals surface area contributed by atoms with Gasteiger partial charge >= 0.3 is 5.97 Å². The van der Waals surface area contributed by atoms with E-state index in [9.17, 15) is 13.6 Å². The predicted octanol–water partition coefficient (Wildman–Crippen LogP) is 3.59. The molecule has 0 aliphatic rings. The van der Waals surface area contributed by atoms with Crippen molar-refractivity contribution in [2.24, 2.45) is 0 Å². The monoisotopic (exact) mass is 370 g/mol. The number of halogens is 3. The van der Waals surface area contributed by atoms with Gasteiger partial charge < -0.3 is 10.5 Å². The lowest BCUT2D eigenvalue weighted by Gasteiger charge is -2.18. The lowest BCUT2D eigenvalue weighted by molar-refractivity contribution is 0.0594. The summed E-state index contributed by atoms with van der Waals surface area (Å²) in [4.78, 5) is 15.6. The number of hydrogen-bond donors (Lipinski definition) is 1. The predicted molar refractivity (Wildman–Crippen MR) is 93.3 cm³/mol. The number of rotatable bonds is 3. The van der Waals surface area contributed by atoms with Gasteiger partial charge in [-0.05, 0) is 12.1 Å². The van der Waals surface area contributed by atoms with E-state index in [1.807, 2.05) is 0 Å². The zero-order valence-electron chi connectivity index (χ0n) is 13.7. The number of esters is 1. The highest BCUT2D eigenvalue weighted by molar-refractivity contribution is 6.88. The number of nitrogens with two attached hydrogens (primary N) is 1. The molecule has 128 valence electrons. The first-order valence-corrected chi connectivity index (χ1v) is 11.0. The van der Waals surface area contributed by atoms with Crippen LogP contribution in [-0.2, 0) is 4.74 Å². The van der Waals surface area contributed by atoms with Gasteiger partial charge in [-0.25, -0.2) is 18.6 Å². The number of ether oxygens (including phenoxy) is 1. The second-order valence-electron chi connectivity index (χ2n) is 6.29. The maximum absolute atomic E-state index is 14.5. The Hall–Kier alpha value is -1.99. The number of anilines is 1. The molecule has 0 unspecified atom stereocenters. The summed E-state index contributed by atoms with van der Waals surface area (Å²) in [6, 6.07) is 4.53. The van der Waals surface area contributed by atoms with Crippen LogP contribution in [0.25, 0.3) is 11.3 Å². The molecule has 0 bridgehead atoms. The number of aromatic nitrogens is 1. The molecule has 24 heavy (non-hydrogen) atoms. The number of nitrogens with zero attached hydrogens (tertiary/aromatic N) is 1. The van der Waals surface area contributed by atoms with Crippen molar-refractivity contribution in [3.63, 3.8) is 0 Å². The summed E-state index contributed by atoms with van der Waals surface area (Å²) in [6.45, 7) is 6.20. The fourth-order valence-corrected chi connectivity index (χ4v) is 3.49. The first kappa shape index (κ1) is 18.3. The van der Waals surface area contributed by atoms with Crippen molar-refractivity contribution in [1.82, 2.24) is 4.98 Å². The van der Waals surface area contributed by atoms with Gasteiger partial charge in [0.15, 0.2) is 11.5 Å². The second kappa shape index (κ2) is 6.49. The molecule has 1 aromatic heterocycles.